The van der Waals surface area contributed by atoms with Crippen molar-refractivity contribution in [3.05, 3.63) is 30.1 Å². The maximum Gasteiger partial charge on any atom is 0.228 e. The highest BCUT2D eigenvalue weighted by Gasteiger charge is 2.55. The molecule has 5 fully saturated rings. The smallest absolute Gasteiger partial charge is 0.228 e. The number of piperazine rings is 1. The zero-order valence-corrected chi connectivity index (χ0v) is 18.3. The molecule has 1 aliphatic heterocycles. The van der Waals surface area contributed by atoms with E-state index in [1.807, 2.05) is 15.9 Å². The van der Waals surface area contributed by atoms with Crippen LogP contribution >= 0.6 is 11.8 Å². The third-order valence-corrected chi connectivity index (χ3v) is 8.87. The molecule has 4 saturated carbocycles. The number of amides is 2. The highest BCUT2D eigenvalue weighted by atomic mass is 32.2. The molecule has 1 heterocycles. The number of hydrogen-bond donors (Lipinski definition) is 0. The Labute approximate surface area is 182 Å². The molecule has 4 bridgehead atoms. The van der Waals surface area contributed by atoms with Crippen LogP contribution in [0.25, 0.3) is 0 Å². The van der Waals surface area contributed by atoms with E-state index in [-0.39, 0.29) is 17.1 Å². The largest absolute Gasteiger partial charge is 0.339 e. The van der Waals surface area contributed by atoms with Crippen LogP contribution in [-0.4, -0.2) is 53.5 Å². The number of benzene rings is 1. The van der Waals surface area contributed by atoms with Gasteiger partial charge in [0.25, 0.3) is 0 Å². The molecular formula is C24H31FN2O2S. The molecule has 5 aliphatic rings. The molecule has 1 saturated heterocycles. The second-order valence-corrected chi connectivity index (χ2v) is 11.0. The van der Waals surface area contributed by atoms with Gasteiger partial charge in [0.1, 0.15) is 5.82 Å². The summed E-state index contributed by atoms with van der Waals surface area (Å²) >= 11 is 1.39. The van der Waals surface area contributed by atoms with E-state index in [4.69, 9.17) is 0 Å². The first-order chi connectivity index (χ1) is 14.5. The van der Waals surface area contributed by atoms with Gasteiger partial charge in [-0.05, 0) is 68.4 Å². The van der Waals surface area contributed by atoms with Crippen molar-refractivity contribution in [2.45, 2.75) is 49.8 Å². The minimum absolute atomic E-state index is 0.0860. The summed E-state index contributed by atoms with van der Waals surface area (Å²) in [5, 5.41) is 0. The topological polar surface area (TPSA) is 40.6 Å². The number of nitrogens with zero attached hydrogens (tertiary/aromatic N) is 2. The second kappa shape index (κ2) is 8.18. The van der Waals surface area contributed by atoms with Crippen molar-refractivity contribution in [3.63, 3.8) is 0 Å². The monoisotopic (exact) mass is 430 g/mol. The van der Waals surface area contributed by atoms with E-state index in [9.17, 15) is 14.0 Å². The minimum atomic E-state index is -0.230. The Morgan fingerprint density at radius 2 is 1.50 bits per heavy atom. The number of carbonyl (C=O) groups is 2. The van der Waals surface area contributed by atoms with E-state index in [2.05, 4.69) is 0 Å². The maximum atomic E-state index is 13.7. The molecule has 30 heavy (non-hydrogen) atoms. The molecule has 0 spiro atoms. The van der Waals surface area contributed by atoms with Crippen molar-refractivity contribution in [3.8, 4) is 0 Å². The highest BCUT2D eigenvalue weighted by molar-refractivity contribution is 7.99. The Bertz CT molecular complexity index is 786. The zero-order chi connectivity index (χ0) is 20.7. The molecule has 0 radical (unpaired) electrons. The summed E-state index contributed by atoms with van der Waals surface area (Å²) in [5.41, 5.74) is -0.0860. The fourth-order valence-electron chi connectivity index (χ4n) is 6.84. The van der Waals surface area contributed by atoms with Crippen LogP contribution in [0, 0.1) is 29.0 Å². The van der Waals surface area contributed by atoms with Gasteiger partial charge in [-0.25, -0.2) is 4.39 Å². The van der Waals surface area contributed by atoms with Gasteiger partial charge in [-0.1, -0.05) is 12.1 Å². The lowest BCUT2D eigenvalue weighted by molar-refractivity contribution is -0.160. The van der Waals surface area contributed by atoms with Crippen LogP contribution in [0.4, 0.5) is 4.39 Å². The van der Waals surface area contributed by atoms with Gasteiger partial charge in [0.15, 0.2) is 0 Å². The van der Waals surface area contributed by atoms with Crippen LogP contribution in [-0.2, 0) is 9.59 Å². The molecule has 6 rings (SSSR count). The number of hydrogen-bond acceptors (Lipinski definition) is 3. The Balaban J connectivity index is 1.11. The summed E-state index contributed by atoms with van der Waals surface area (Å²) in [4.78, 5) is 30.6. The molecule has 0 N–H and O–H groups in total. The maximum absolute atomic E-state index is 13.7. The molecule has 162 valence electrons. The molecule has 0 aromatic heterocycles. The molecule has 1 aromatic carbocycles. The van der Waals surface area contributed by atoms with Crippen molar-refractivity contribution in [2.75, 3.05) is 31.9 Å². The average Bonchev–Trinajstić information content (AvgIpc) is 2.73. The van der Waals surface area contributed by atoms with E-state index in [1.165, 1.54) is 37.1 Å². The molecule has 2 amide bonds. The number of rotatable bonds is 5. The van der Waals surface area contributed by atoms with E-state index in [1.54, 1.807) is 12.1 Å². The van der Waals surface area contributed by atoms with Crippen molar-refractivity contribution < 1.29 is 14.0 Å². The summed E-state index contributed by atoms with van der Waals surface area (Å²) in [6.07, 6.45) is 7.75. The Morgan fingerprint density at radius 1 is 0.933 bits per heavy atom. The van der Waals surface area contributed by atoms with Gasteiger partial charge in [-0.3, -0.25) is 9.59 Å². The average molecular weight is 431 g/mol. The molecule has 1 aromatic rings. The first kappa shape index (κ1) is 20.3. The third-order valence-electron chi connectivity index (χ3n) is 7.82. The van der Waals surface area contributed by atoms with Crippen molar-refractivity contribution in [1.29, 1.82) is 0 Å². The molecule has 4 aliphatic carbocycles. The Hall–Kier alpha value is -1.56. The fraction of sp³-hybridized carbons (Fsp3) is 0.667. The zero-order valence-electron chi connectivity index (χ0n) is 17.5. The van der Waals surface area contributed by atoms with Crippen LogP contribution < -0.4 is 0 Å². The van der Waals surface area contributed by atoms with Gasteiger partial charge >= 0.3 is 0 Å². The molecule has 6 heteroatoms. The van der Waals surface area contributed by atoms with E-state index < -0.39 is 0 Å². The fourth-order valence-corrected chi connectivity index (χ4v) is 7.71. The number of halogens is 1. The Morgan fingerprint density at radius 3 is 2.10 bits per heavy atom. The number of carbonyl (C=O) groups excluding carboxylic acids is 2. The summed E-state index contributed by atoms with van der Waals surface area (Å²) in [6.45, 7) is 2.57. The lowest BCUT2D eigenvalue weighted by atomic mass is 9.49. The van der Waals surface area contributed by atoms with Gasteiger partial charge in [0.05, 0.1) is 5.41 Å². The molecule has 0 unspecified atom stereocenters. The van der Waals surface area contributed by atoms with Crippen LogP contribution in [0.2, 0.25) is 0 Å². The van der Waals surface area contributed by atoms with E-state index in [0.717, 1.165) is 37.0 Å². The van der Waals surface area contributed by atoms with Gasteiger partial charge in [0, 0.05) is 43.2 Å². The normalized spacial score (nSPS) is 32.5. The predicted octanol–water partition coefficient (Wildman–Crippen LogP) is 4.20. The molecular weight excluding hydrogens is 399 g/mol. The Kier molecular flexibility index (Phi) is 5.55. The van der Waals surface area contributed by atoms with Gasteiger partial charge in [-0.2, -0.15) is 0 Å². The summed E-state index contributed by atoms with van der Waals surface area (Å²) in [7, 11) is 0. The van der Waals surface area contributed by atoms with E-state index in [0.29, 0.717) is 49.2 Å². The van der Waals surface area contributed by atoms with Crippen LogP contribution in [0.3, 0.4) is 0 Å². The third kappa shape index (κ3) is 3.88. The first-order valence-corrected chi connectivity index (χ1v) is 12.5. The summed E-state index contributed by atoms with van der Waals surface area (Å²) < 4.78 is 13.7. The van der Waals surface area contributed by atoms with Gasteiger partial charge in [-0.15, -0.1) is 11.8 Å². The minimum Gasteiger partial charge on any atom is -0.339 e. The summed E-state index contributed by atoms with van der Waals surface area (Å²) in [6, 6.07) is 6.69. The van der Waals surface area contributed by atoms with Crippen LogP contribution in [0.1, 0.15) is 44.9 Å². The molecule has 4 nitrogen and oxygen atoms in total. The highest BCUT2D eigenvalue weighted by Crippen LogP contribution is 2.60. The predicted molar refractivity (Wildman–Crippen MR) is 116 cm³/mol. The number of thioether (sulfide) groups is 1. The van der Waals surface area contributed by atoms with Crippen molar-refractivity contribution in [2.24, 2.45) is 23.2 Å². The first-order valence-electron chi connectivity index (χ1n) is 11.5. The van der Waals surface area contributed by atoms with E-state index >= 15 is 0 Å². The van der Waals surface area contributed by atoms with Crippen molar-refractivity contribution in [1.82, 2.24) is 9.80 Å². The summed E-state index contributed by atoms with van der Waals surface area (Å²) in [5.74, 6) is 3.16. The quantitative estimate of drug-likeness (QED) is 0.658. The van der Waals surface area contributed by atoms with Crippen LogP contribution in [0.15, 0.2) is 29.2 Å². The lowest BCUT2D eigenvalue weighted by Crippen LogP contribution is -2.58. The van der Waals surface area contributed by atoms with Crippen molar-refractivity contribution >= 4 is 23.6 Å². The standard InChI is InChI=1S/C24H31FN2O2S/c25-20-3-1-2-4-21(20)30-10-5-22(28)26-6-8-27(9-7-26)23(29)24-14-17-11-18(15-24)13-19(12-17)16-24/h1-4,17-19H,5-16H2. The van der Waals surface area contributed by atoms with Crippen LogP contribution in [0.5, 0.6) is 0 Å². The van der Waals surface area contributed by atoms with Gasteiger partial charge in [0.2, 0.25) is 11.8 Å². The second-order valence-electron chi connectivity index (χ2n) is 9.90. The lowest BCUT2D eigenvalue weighted by Gasteiger charge is -2.57. The SMILES string of the molecule is O=C(CCSc1ccccc1F)N1CCN(C(=O)C23CC4CC(CC(C4)C2)C3)CC1. The molecule has 0 atom stereocenters. The van der Waals surface area contributed by atoms with Gasteiger partial charge < -0.3 is 9.80 Å².